The monoisotopic (exact) mass is 209 g/mol. The van der Waals surface area contributed by atoms with Crippen LogP contribution in [0.3, 0.4) is 0 Å². The smallest absolute Gasteiger partial charge is 0.507 e. The Morgan fingerprint density at radius 1 is 1.47 bits per heavy atom. The molecule has 1 saturated carbocycles. The number of phenolic OH excluding ortho intramolecular Hbond substituents is 1. The van der Waals surface area contributed by atoms with Crippen LogP contribution in [0.15, 0.2) is 24.3 Å². The average Bonchev–Trinajstić information content (AvgIpc) is 2.77. The van der Waals surface area contributed by atoms with E-state index in [0.717, 1.165) is 5.56 Å². The van der Waals surface area contributed by atoms with Crippen molar-refractivity contribution in [3.8, 4) is 5.75 Å². The number of hydrogen-bond acceptors (Lipinski definition) is 4. The molecule has 0 spiro atoms. The molecule has 1 aromatic rings. The highest BCUT2D eigenvalue weighted by molar-refractivity contribution is 5.58. The van der Waals surface area contributed by atoms with Gasteiger partial charge in [-0.15, -0.1) is 0 Å². The average molecular weight is 209 g/mol. The number of nitrogens with two attached hydrogens (primary N) is 1. The molecule has 1 aliphatic rings. The Labute approximate surface area is 86.1 Å². The van der Waals surface area contributed by atoms with Crippen molar-refractivity contribution in [2.75, 3.05) is 0 Å². The maximum absolute atomic E-state index is 10.3. The van der Waals surface area contributed by atoms with Gasteiger partial charge in [-0.3, -0.25) is 5.73 Å². The molecule has 4 N–H and O–H groups in total. The van der Waals surface area contributed by atoms with Gasteiger partial charge in [-0.25, -0.2) is 4.79 Å². The van der Waals surface area contributed by atoms with Crippen molar-refractivity contribution in [2.45, 2.75) is 18.1 Å². The lowest BCUT2D eigenvalue weighted by atomic mass is 10.1. The second kappa shape index (κ2) is 3.13. The van der Waals surface area contributed by atoms with E-state index in [1.54, 1.807) is 12.1 Å². The van der Waals surface area contributed by atoms with Gasteiger partial charge in [0.15, 0.2) is 5.72 Å². The van der Waals surface area contributed by atoms with Gasteiger partial charge in [-0.1, -0.05) is 12.1 Å². The van der Waals surface area contributed by atoms with Gasteiger partial charge in [0.25, 0.3) is 0 Å². The molecule has 1 aliphatic carbocycles. The Morgan fingerprint density at radius 3 is 2.60 bits per heavy atom. The molecule has 1 aromatic carbocycles. The van der Waals surface area contributed by atoms with Gasteiger partial charge >= 0.3 is 6.16 Å². The first-order chi connectivity index (χ1) is 7.01. The summed E-state index contributed by atoms with van der Waals surface area (Å²) in [6.45, 7) is 0. The Kier molecular flexibility index (Phi) is 2.04. The molecule has 0 amide bonds. The molecule has 5 heteroatoms. The van der Waals surface area contributed by atoms with Gasteiger partial charge in [0, 0.05) is 12.3 Å². The minimum Gasteiger partial charge on any atom is -0.508 e. The van der Waals surface area contributed by atoms with E-state index in [9.17, 15) is 4.79 Å². The summed E-state index contributed by atoms with van der Waals surface area (Å²) >= 11 is 0. The van der Waals surface area contributed by atoms with Crippen molar-refractivity contribution in [1.82, 2.24) is 0 Å². The van der Waals surface area contributed by atoms with Crippen LogP contribution in [0.1, 0.15) is 17.9 Å². The summed E-state index contributed by atoms with van der Waals surface area (Å²) in [5, 5.41) is 17.5. The number of hydrogen-bond donors (Lipinski definition) is 3. The number of carboxylic acid groups (broad SMARTS) is 1. The van der Waals surface area contributed by atoms with Gasteiger partial charge < -0.3 is 14.9 Å². The first-order valence-electron chi connectivity index (χ1n) is 4.51. The van der Waals surface area contributed by atoms with Gasteiger partial charge in [0.05, 0.1) is 0 Å². The van der Waals surface area contributed by atoms with Gasteiger partial charge in [-0.2, -0.15) is 0 Å². The number of carbonyl (C=O) groups is 1. The predicted molar refractivity (Wildman–Crippen MR) is 51.5 cm³/mol. The Hall–Kier alpha value is -1.75. The molecule has 2 rings (SSSR count). The van der Waals surface area contributed by atoms with Crippen LogP contribution >= 0.6 is 0 Å². The van der Waals surface area contributed by atoms with Crippen LogP contribution in [0.5, 0.6) is 5.75 Å². The van der Waals surface area contributed by atoms with E-state index in [2.05, 4.69) is 4.74 Å². The molecular weight excluding hydrogens is 198 g/mol. The lowest BCUT2D eigenvalue weighted by Gasteiger charge is -2.10. The third-order valence-electron chi connectivity index (χ3n) is 2.53. The van der Waals surface area contributed by atoms with Crippen LogP contribution < -0.4 is 5.73 Å². The fraction of sp³-hybridized carbons (Fsp3) is 0.300. The molecule has 80 valence electrons. The molecule has 1 fully saturated rings. The van der Waals surface area contributed by atoms with Crippen LogP contribution in [-0.4, -0.2) is 22.1 Å². The Morgan fingerprint density at radius 2 is 2.07 bits per heavy atom. The normalized spacial score (nSPS) is 28.5. The third kappa shape index (κ3) is 1.87. The highest BCUT2D eigenvalue weighted by atomic mass is 16.7. The molecule has 0 heterocycles. The summed E-state index contributed by atoms with van der Waals surface area (Å²) in [4.78, 5) is 10.3. The number of ether oxygens (including phenoxy) is 1. The van der Waals surface area contributed by atoms with E-state index in [1.807, 2.05) is 0 Å². The van der Waals surface area contributed by atoms with Crippen molar-refractivity contribution < 1.29 is 19.7 Å². The minimum atomic E-state index is -1.36. The van der Waals surface area contributed by atoms with Crippen LogP contribution in [0.2, 0.25) is 0 Å². The predicted octanol–water partition coefficient (Wildman–Crippen LogP) is 1.23. The molecule has 0 radical (unpaired) electrons. The maximum Gasteiger partial charge on any atom is 0.507 e. The maximum atomic E-state index is 10.3. The summed E-state index contributed by atoms with van der Waals surface area (Å²) in [5.74, 6) is 0.0513. The summed E-state index contributed by atoms with van der Waals surface area (Å²) in [7, 11) is 0. The number of aromatic hydroxyl groups is 1. The topological polar surface area (TPSA) is 92.8 Å². The van der Waals surface area contributed by atoms with Crippen molar-refractivity contribution >= 4 is 6.16 Å². The van der Waals surface area contributed by atoms with E-state index >= 15 is 0 Å². The van der Waals surface area contributed by atoms with E-state index < -0.39 is 11.9 Å². The Balaban J connectivity index is 2.10. The summed E-state index contributed by atoms with van der Waals surface area (Å²) < 4.78 is 4.58. The standard InChI is InChI=1S/C10H11NO4/c11-10(15-9(13)14)5-8(10)6-1-3-7(12)4-2-6/h1-4,8,12H,5,11H2,(H,13,14). The molecule has 0 saturated heterocycles. The highest BCUT2D eigenvalue weighted by Gasteiger charge is 2.56. The quantitative estimate of drug-likeness (QED) is 0.503. The second-order valence-electron chi connectivity index (χ2n) is 3.67. The number of rotatable bonds is 2. The van der Waals surface area contributed by atoms with E-state index in [0.29, 0.717) is 6.42 Å². The lowest BCUT2D eigenvalue weighted by Crippen LogP contribution is -2.30. The van der Waals surface area contributed by atoms with Gasteiger partial charge in [-0.05, 0) is 17.7 Å². The van der Waals surface area contributed by atoms with Crippen molar-refractivity contribution in [3.63, 3.8) is 0 Å². The summed E-state index contributed by atoms with van der Waals surface area (Å²) in [6.07, 6.45) is -0.886. The molecule has 5 nitrogen and oxygen atoms in total. The number of benzene rings is 1. The van der Waals surface area contributed by atoms with E-state index in [4.69, 9.17) is 15.9 Å². The van der Waals surface area contributed by atoms with Crippen LogP contribution in [0.4, 0.5) is 4.79 Å². The zero-order valence-electron chi connectivity index (χ0n) is 7.88. The second-order valence-corrected chi connectivity index (χ2v) is 3.67. The van der Waals surface area contributed by atoms with Crippen molar-refractivity contribution in [3.05, 3.63) is 29.8 Å². The molecule has 15 heavy (non-hydrogen) atoms. The number of phenols is 1. The fourth-order valence-electron chi connectivity index (χ4n) is 1.64. The van der Waals surface area contributed by atoms with Crippen molar-refractivity contribution in [2.24, 2.45) is 5.73 Å². The van der Waals surface area contributed by atoms with Crippen molar-refractivity contribution in [1.29, 1.82) is 0 Å². The molecule has 0 aliphatic heterocycles. The van der Waals surface area contributed by atoms with Crippen LogP contribution in [0.25, 0.3) is 0 Å². The fourth-order valence-corrected chi connectivity index (χ4v) is 1.64. The van der Waals surface area contributed by atoms with Gasteiger partial charge in [0.2, 0.25) is 0 Å². The zero-order chi connectivity index (χ0) is 11.1. The van der Waals surface area contributed by atoms with E-state index in [1.165, 1.54) is 12.1 Å². The molecular formula is C10H11NO4. The highest BCUT2D eigenvalue weighted by Crippen LogP contribution is 2.50. The molecule has 2 atom stereocenters. The molecule has 2 unspecified atom stereocenters. The first kappa shape index (κ1) is 9.79. The van der Waals surface area contributed by atoms with Gasteiger partial charge in [0.1, 0.15) is 5.75 Å². The summed E-state index contributed by atoms with van der Waals surface area (Å²) in [5.41, 5.74) is 5.47. The summed E-state index contributed by atoms with van der Waals surface area (Å²) in [6, 6.07) is 6.49. The molecule has 0 aromatic heterocycles. The third-order valence-corrected chi connectivity index (χ3v) is 2.53. The zero-order valence-corrected chi connectivity index (χ0v) is 7.88. The van der Waals surface area contributed by atoms with Crippen LogP contribution in [-0.2, 0) is 4.74 Å². The van der Waals surface area contributed by atoms with Crippen LogP contribution in [0, 0.1) is 0 Å². The lowest BCUT2D eigenvalue weighted by molar-refractivity contribution is 0.0392. The SMILES string of the molecule is NC1(OC(=O)O)CC1c1ccc(O)cc1. The minimum absolute atomic E-state index is 0.116. The molecule has 0 bridgehead atoms. The first-order valence-corrected chi connectivity index (χ1v) is 4.51. The Bertz CT molecular complexity index is 389. The van der Waals surface area contributed by atoms with E-state index in [-0.39, 0.29) is 11.7 Å². The largest absolute Gasteiger partial charge is 0.508 e.